The Bertz CT molecular complexity index is 410. The number of furan rings is 1. The van der Waals surface area contributed by atoms with E-state index >= 15 is 0 Å². The standard InChI is InChI=1S/C12H15NO/c1-3-4-10-9-6-5-8(2)7-11(9)14-12(10)13/h3-4,7H,5-6,13H2,1-2H3/b4-3-. The Labute approximate surface area is 84.1 Å². The summed E-state index contributed by atoms with van der Waals surface area (Å²) < 4.78 is 5.51. The van der Waals surface area contributed by atoms with Gasteiger partial charge in [0, 0.05) is 11.1 Å². The SMILES string of the molecule is C/C=C\c1c(N)oc2c1CCC(C)=C2. The summed E-state index contributed by atoms with van der Waals surface area (Å²) in [5.74, 6) is 1.48. The smallest absolute Gasteiger partial charge is 0.198 e. The van der Waals surface area contributed by atoms with Gasteiger partial charge in [0.25, 0.3) is 0 Å². The van der Waals surface area contributed by atoms with Gasteiger partial charge in [-0.05, 0) is 32.8 Å². The zero-order valence-electron chi connectivity index (χ0n) is 8.63. The summed E-state index contributed by atoms with van der Waals surface area (Å²) in [6, 6.07) is 0. The van der Waals surface area contributed by atoms with Gasteiger partial charge < -0.3 is 10.2 Å². The van der Waals surface area contributed by atoms with Crippen molar-refractivity contribution in [3.63, 3.8) is 0 Å². The summed E-state index contributed by atoms with van der Waals surface area (Å²) in [6.45, 7) is 4.11. The molecule has 0 amide bonds. The lowest BCUT2D eigenvalue weighted by Gasteiger charge is -2.08. The molecule has 0 radical (unpaired) electrons. The van der Waals surface area contributed by atoms with Crippen molar-refractivity contribution in [2.45, 2.75) is 26.7 Å². The second kappa shape index (κ2) is 3.37. The maximum absolute atomic E-state index is 5.81. The second-order valence-electron chi connectivity index (χ2n) is 3.71. The van der Waals surface area contributed by atoms with Gasteiger partial charge in [0.15, 0.2) is 5.88 Å². The highest BCUT2D eigenvalue weighted by Gasteiger charge is 2.18. The van der Waals surface area contributed by atoms with Crippen LogP contribution in [0.4, 0.5) is 5.88 Å². The van der Waals surface area contributed by atoms with Gasteiger partial charge in [0.1, 0.15) is 5.76 Å². The third kappa shape index (κ3) is 1.37. The Morgan fingerprint density at radius 3 is 2.93 bits per heavy atom. The summed E-state index contributed by atoms with van der Waals surface area (Å²) in [7, 11) is 0. The summed E-state index contributed by atoms with van der Waals surface area (Å²) in [6.07, 6.45) is 8.25. The van der Waals surface area contributed by atoms with Crippen molar-refractivity contribution in [2.24, 2.45) is 0 Å². The Morgan fingerprint density at radius 2 is 2.21 bits per heavy atom. The number of nitrogens with two attached hydrogens (primary N) is 1. The van der Waals surface area contributed by atoms with Crippen LogP contribution >= 0.6 is 0 Å². The molecule has 0 spiro atoms. The molecule has 2 nitrogen and oxygen atoms in total. The van der Waals surface area contributed by atoms with E-state index in [0.717, 1.165) is 24.2 Å². The van der Waals surface area contributed by atoms with Gasteiger partial charge in [-0.2, -0.15) is 0 Å². The van der Waals surface area contributed by atoms with Crippen molar-refractivity contribution in [3.8, 4) is 0 Å². The molecule has 1 aromatic rings. The number of rotatable bonds is 1. The molecule has 0 fully saturated rings. The van der Waals surface area contributed by atoms with Crippen molar-refractivity contribution in [3.05, 3.63) is 28.5 Å². The average molecular weight is 189 g/mol. The Balaban J connectivity index is 2.54. The fourth-order valence-electron chi connectivity index (χ4n) is 1.86. The monoisotopic (exact) mass is 189 g/mol. The molecule has 0 aliphatic heterocycles. The summed E-state index contributed by atoms with van der Waals surface area (Å²) >= 11 is 0. The van der Waals surface area contributed by atoms with Crippen molar-refractivity contribution in [2.75, 3.05) is 5.73 Å². The van der Waals surface area contributed by atoms with Gasteiger partial charge in [0.2, 0.25) is 0 Å². The second-order valence-corrected chi connectivity index (χ2v) is 3.71. The van der Waals surface area contributed by atoms with Gasteiger partial charge in [-0.3, -0.25) is 0 Å². The van der Waals surface area contributed by atoms with Crippen LogP contribution in [0.25, 0.3) is 12.2 Å². The lowest BCUT2D eigenvalue weighted by molar-refractivity contribution is 0.568. The van der Waals surface area contributed by atoms with E-state index in [1.807, 2.05) is 19.1 Å². The van der Waals surface area contributed by atoms with Crippen LogP contribution < -0.4 is 5.73 Å². The minimum Gasteiger partial charge on any atom is -0.441 e. The Hall–Kier alpha value is -1.44. The molecule has 1 aromatic heterocycles. The van der Waals surface area contributed by atoms with Gasteiger partial charge in [-0.15, -0.1) is 0 Å². The highest BCUT2D eigenvalue weighted by molar-refractivity contribution is 5.70. The van der Waals surface area contributed by atoms with Gasteiger partial charge in [-0.25, -0.2) is 0 Å². The molecule has 74 valence electrons. The summed E-state index contributed by atoms with van der Waals surface area (Å²) in [5.41, 5.74) is 9.48. The maximum Gasteiger partial charge on any atom is 0.198 e. The van der Waals surface area contributed by atoms with Crippen LogP contribution in [0.15, 0.2) is 16.1 Å². The van der Waals surface area contributed by atoms with Crippen LogP contribution in [0.1, 0.15) is 37.2 Å². The maximum atomic E-state index is 5.81. The molecule has 0 saturated carbocycles. The largest absolute Gasteiger partial charge is 0.441 e. The molecular weight excluding hydrogens is 174 g/mol. The van der Waals surface area contributed by atoms with E-state index in [4.69, 9.17) is 10.2 Å². The van der Waals surface area contributed by atoms with E-state index in [0.29, 0.717) is 5.88 Å². The lowest BCUT2D eigenvalue weighted by atomic mass is 9.95. The van der Waals surface area contributed by atoms with E-state index in [2.05, 4.69) is 13.0 Å². The first-order valence-corrected chi connectivity index (χ1v) is 4.93. The molecule has 14 heavy (non-hydrogen) atoms. The Kier molecular flexibility index (Phi) is 2.20. The highest BCUT2D eigenvalue weighted by Crippen LogP contribution is 2.33. The first kappa shape index (κ1) is 9.13. The zero-order valence-corrected chi connectivity index (χ0v) is 8.63. The van der Waals surface area contributed by atoms with E-state index in [1.54, 1.807) is 0 Å². The topological polar surface area (TPSA) is 39.2 Å². The number of nitrogen functional groups attached to an aromatic ring is 1. The number of allylic oxidation sites excluding steroid dienone is 2. The fraction of sp³-hybridized carbons (Fsp3) is 0.333. The number of anilines is 1. The molecule has 0 atom stereocenters. The van der Waals surface area contributed by atoms with Gasteiger partial charge in [0.05, 0.1) is 0 Å². The molecule has 2 N–H and O–H groups in total. The molecule has 1 aliphatic rings. The predicted molar refractivity (Wildman–Crippen MR) is 59.8 cm³/mol. The van der Waals surface area contributed by atoms with E-state index < -0.39 is 0 Å². The number of hydrogen-bond acceptors (Lipinski definition) is 2. The minimum absolute atomic E-state index is 0.541. The molecule has 1 heterocycles. The molecule has 0 saturated heterocycles. The number of fused-ring (bicyclic) bond motifs is 1. The van der Waals surface area contributed by atoms with Gasteiger partial charge in [-0.1, -0.05) is 17.7 Å². The highest BCUT2D eigenvalue weighted by atomic mass is 16.4. The lowest BCUT2D eigenvalue weighted by Crippen LogP contribution is -1.95. The summed E-state index contributed by atoms with van der Waals surface area (Å²) in [4.78, 5) is 0. The van der Waals surface area contributed by atoms with Crippen molar-refractivity contribution in [1.29, 1.82) is 0 Å². The molecule has 0 aromatic carbocycles. The average Bonchev–Trinajstić information content (AvgIpc) is 2.43. The van der Waals surface area contributed by atoms with Crippen LogP contribution in [-0.4, -0.2) is 0 Å². The third-order valence-electron chi connectivity index (χ3n) is 2.59. The van der Waals surface area contributed by atoms with Crippen LogP contribution in [0, 0.1) is 0 Å². The van der Waals surface area contributed by atoms with Crippen LogP contribution in [0.2, 0.25) is 0 Å². The molecule has 1 aliphatic carbocycles. The fourth-order valence-corrected chi connectivity index (χ4v) is 1.86. The van der Waals surface area contributed by atoms with Crippen LogP contribution in [0.5, 0.6) is 0 Å². The first-order chi connectivity index (χ1) is 6.72. The summed E-state index contributed by atoms with van der Waals surface area (Å²) in [5, 5.41) is 0. The molecule has 2 rings (SSSR count). The van der Waals surface area contributed by atoms with Crippen molar-refractivity contribution >= 4 is 18.0 Å². The van der Waals surface area contributed by atoms with E-state index in [1.165, 1.54) is 11.1 Å². The molecule has 0 bridgehead atoms. The zero-order chi connectivity index (χ0) is 10.1. The molecule has 2 heteroatoms. The minimum atomic E-state index is 0.541. The molecule has 0 unspecified atom stereocenters. The van der Waals surface area contributed by atoms with Crippen molar-refractivity contribution in [1.82, 2.24) is 0 Å². The van der Waals surface area contributed by atoms with E-state index in [9.17, 15) is 0 Å². The normalized spacial score (nSPS) is 15.7. The third-order valence-corrected chi connectivity index (χ3v) is 2.59. The number of hydrogen-bond donors (Lipinski definition) is 1. The van der Waals surface area contributed by atoms with Crippen LogP contribution in [-0.2, 0) is 6.42 Å². The van der Waals surface area contributed by atoms with Crippen molar-refractivity contribution < 1.29 is 4.42 Å². The molecular formula is C12H15NO. The van der Waals surface area contributed by atoms with Crippen LogP contribution in [0.3, 0.4) is 0 Å². The Morgan fingerprint density at radius 1 is 1.43 bits per heavy atom. The van der Waals surface area contributed by atoms with Gasteiger partial charge >= 0.3 is 0 Å². The quantitative estimate of drug-likeness (QED) is 0.736. The van der Waals surface area contributed by atoms with E-state index in [-0.39, 0.29) is 0 Å². The first-order valence-electron chi connectivity index (χ1n) is 4.93. The predicted octanol–water partition coefficient (Wildman–Crippen LogP) is 3.24.